The van der Waals surface area contributed by atoms with E-state index in [9.17, 15) is 0 Å². The molecule has 2 aliphatic carbocycles. The minimum absolute atomic E-state index is 0.668. The van der Waals surface area contributed by atoms with Crippen molar-refractivity contribution in [3.05, 3.63) is 35.4 Å². The van der Waals surface area contributed by atoms with Crippen LogP contribution in [0.3, 0.4) is 0 Å². The topological polar surface area (TPSA) is 12.0 Å². The second-order valence-electron chi connectivity index (χ2n) is 6.73. The maximum Gasteiger partial charge on any atom is 0.00708 e. The normalized spacial score (nSPS) is 25.7. The molecule has 0 heterocycles. The average Bonchev–Trinajstić information content (AvgIpc) is 3.23. The quantitative estimate of drug-likeness (QED) is 0.830. The van der Waals surface area contributed by atoms with Crippen molar-refractivity contribution in [1.29, 1.82) is 0 Å². The molecule has 3 rings (SSSR count). The second kappa shape index (κ2) is 5.66. The van der Waals surface area contributed by atoms with E-state index in [1.165, 1.54) is 38.5 Å². The van der Waals surface area contributed by atoms with Gasteiger partial charge < -0.3 is 5.32 Å². The van der Waals surface area contributed by atoms with Crippen LogP contribution in [0, 0.1) is 5.92 Å². The smallest absolute Gasteiger partial charge is 0.00708 e. The van der Waals surface area contributed by atoms with Crippen LogP contribution in [0.4, 0.5) is 0 Å². The van der Waals surface area contributed by atoms with Crippen molar-refractivity contribution in [2.75, 3.05) is 0 Å². The Hall–Kier alpha value is -0.820. The molecule has 1 aromatic carbocycles. The third kappa shape index (κ3) is 3.20. The molecule has 0 aromatic heterocycles. The molecule has 104 valence electrons. The number of aryl methyl sites for hydroxylation is 1. The summed E-state index contributed by atoms with van der Waals surface area (Å²) in [6.07, 6.45) is 8.18. The van der Waals surface area contributed by atoms with Gasteiger partial charge in [-0.05, 0) is 68.4 Å². The maximum atomic E-state index is 3.77. The van der Waals surface area contributed by atoms with Gasteiger partial charge in [-0.25, -0.2) is 0 Å². The fourth-order valence-electron chi connectivity index (χ4n) is 3.54. The van der Waals surface area contributed by atoms with Gasteiger partial charge in [0.1, 0.15) is 0 Å². The first kappa shape index (κ1) is 13.2. The molecule has 3 atom stereocenters. The van der Waals surface area contributed by atoms with Crippen LogP contribution in [0.15, 0.2) is 24.3 Å². The summed E-state index contributed by atoms with van der Waals surface area (Å²) < 4.78 is 0. The molecule has 0 amide bonds. The molecule has 1 nitrogen and oxygen atoms in total. The highest BCUT2D eigenvalue weighted by molar-refractivity contribution is 5.32. The lowest BCUT2D eigenvalue weighted by Crippen LogP contribution is -2.34. The predicted octanol–water partition coefficient (Wildman–Crippen LogP) is 4.27. The molecular weight excluding hydrogens is 230 g/mol. The van der Waals surface area contributed by atoms with Gasteiger partial charge in [0.15, 0.2) is 0 Å². The highest BCUT2D eigenvalue weighted by Gasteiger charge is 2.27. The van der Waals surface area contributed by atoms with Crippen LogP contribution in [-0.2, 0) is 6.42 Å². The fraction of sp³-hybridized carbons (Fsp3) is 0.667. The summed E-state index contributed by atoms with van der Waals surface area (Å²) in [4.78, 5) is 0. The van der Waals surface area contributed by atoms with Crippen LogP contribution < -0.4 is 5.32 Å². The van der Waals surface area contributed by atoms with E-state index in [0.29, 0.717) is 6.04 Å². The largest absolute Gasteiger partial charge is 0.311 e. The zero-order chi connectivity index (χ0) is 13.2. The summed E-state index contributed by atoms with van der Waals surface area (Å²) >= 11 is 0. The first-order valence-corrected chi connectivity index (χ1v) is 8.08. The molecular formula is C18H27N. The van der Waals surface area contributed by atoms with Crippen molar-refractivity contribution >= 4 is 0 Å². The zero-order valence-corrected chi connectivity index (χ0v) is 12.4. The van der Waals surface area contributed by atoms with Crippen LogP contribution in [0.1, 0.15) is 63.0 Å². The summed E-state index contributed by atoms with van der Waals surface area (Å²) in [6.45, 7) is 4.80. The summed E-state index contributed by atoms with van der Waals surface area (Å²) in [5.41, 5.74) is 3.24. The van der Waals surface area contributed by atoms with E-state index in [0.717, 1.165) is 17.9 Å². The highest BCUT2D eigenvalue weighted by atomic mass is 15.0. The van der Waals surface area contributed by atoms with E-state index in [1.807, 2.05) is 0 Å². The fourth-order valence-corrected chi connectivity index (χ4v) is 3.54. The first-order chi connectivity index (χ1) is 9.24. The molecule has 0 spiro atoms. The number of fused-ring (bicyclic) bond motifs is 1. The van der Waals surface area contributed by atoms with Gasteiger partial charge in [-0.1, -0.05) is 31.2 Å². The lowest BCUT2D eigenvalue weighted by atomic mass is 9.77. The van der Waals surface area contributed by atoms with Crippen LogP contribution >= 0.6 is 0 Å². The molecule has 0 radical (unpaired) electrons. The third-order valence-electron chi connectivity index (χ3n) is 5.08. The van der Waals surface area contributed by atoms with Gasteiger partial charge in [-0.2, -0.15) is 0 Å². The number of hydrogen-bond donors (Lipinski definition) is 1. The minimum Gasteiger partial charge on any atom is -0.311 e. The van der Waals surface area contributed by atoms with Crippen molar-refractivity contribution in [3.63, 3.8) is 0 Å². The van der Waals surface area contributed by atoms with Gasteiger partial charge in [-0.3, -0.25) is 0 Å². The summed E-state index contributed by atoms with van der Waals surface area (Å²) in [7, 11) is 0. The predicted molar refractivity (Wildman–Crippen MR) is 81.5 cm³/mol. The Kier molecular flexibility index (Phi) is 3.93. The molecule has 1 N–H and O–H groups in total. The molecule has 1 heteroatoms. The molecule has 3 unspecified atom stereocenters. The molecule has 0 aliphatic heterocycles. The van der Waals surface area contributed by atoms with Gasteiger partial charge in [-0.15, -0.1) is 0 Å². The molecule has 19 heavy (non-hydrogen) atoms. The summed E-state index contributed by atoms with van der Waals surface area (Å²) in [5.74, 6) is 1.57. The Labute approximate surface area is 117 Å². The lowest BCUT2D eigenvalue weighted by molar-refractivity contribution is 0.338. The van der Waals surface area contributed by atoms with E-state index >= 15 is 0 Å². The maximum absolute atomic E-state index is 3.77. The van der Waals surface area contributed by atoms with E-state index < -0.39 is 0 Å². The number of hydrogen-bond acceptors (Lipinski definition) is 1. The number of rotatable bonds is 5. The van der Waals surface area contributed by atoms with Crippen LogP contribution in [0.2, 0.25) is 0 Å². The molecule has 1 aromatic rings. The number of benzene rings is 1. The standard InChI is InChI=1S/C18H27N/c1-13(14(2)19-17-10-11-17)12-16-8-5-7-15-6-3-4-9-18(15)16/h3-4,6,9,13-14,16-17,19H,5,7-8,10-12H2,1-2H3. The summed E-state index contributed by atoms with van der Waals surface area (Å²) in [5, 5.41) is 3.77. The first-order valence-electron chi connectivity index (χ1n) is 8.08. The van der Waals surface area contributed by atoms with Gasteiger partial charge in [0.25, 0.3) is 0 Å². The van der Waals surface area contributed by atoms with E-state index in [-0.39, 0.29) is 0 Å². The van der Waals surface area contributed by atoms with Gasteiger partial charge in [0.05, 0.1) is 0 Å². The molecule has 1 fully saturated rings. The Morgan fingerprint density at radius 1 is 1.16 bits per heavy atom. The Bertz CT molecular complexity index is 421. The Balaban J connectivity index is 1.63. The van der Waals surface area contributed by atoms with Crippen LogP contribution in [0.5, 0.6) is 0 Å². The SMILES string of the molecule is CC(CC1CCCc2ccccc21)C(C)NC1CC1. The van der Waals surface area contributed by atoms with Crippen LogP contribution in [0.25, 0.3) is 0 Å². The molecule has 2 aliphatic rings. The second-order valence-corrected chi connectivity index (χ2v) is 6.73. The monoisotopic (exact) mass is 257 g/mol. The van der Waals surface area contributed by atoms with Crippen molar-refractivity contribution in [2.24, 2.45) is 5.92 Å². The third-order valence-corrected chi connectivity index (χ3v) is 5.08. The average molecular weight is 257 g/mol. The van der Waals surface area contributed by atoms with Gasteiger partial charge >= 0.3 is 0 Å². The summed E-state index contributed by atoms with van der Waals surface area (Å²) in [6, 6.07) is 10.6. The van der Waals surface area contributed by atoms with Gasteiger partial charge in [0, 0.05) is 12.1 Å². The molecule has 0 saturated heterocycles. The minimum atomic E-state index is 0.668. The van der Waals surface area contributed by atoms with Gasteiger partial charge in [0.2, 0.25) is 0 Å². The molecule has 1 saturated carbocycles. The van der Waals surface area contributed by atoms with E-state index in [4.69, 9.17) is 0 Å². The van der Waals surface area contributed by atoms with E-state index in [2.05, 4.69) is 43.4 Å². The Morgan fingerprint density at radius 3 is 2.74 bits per heavy atom. The van der Waals surface area contributed by atoms with E-state index in [1.54, 1.807) is 11.1 Å². The van der Waals surface area contributed by atoms with Crippen LogP contribution in [-0.4, -0.2) is 12.1 Å². The highest BCUT2D eigenvalue weighted by Crippen LogP contribution is 2.36. The zero-order valence-electron chi connectivity index (χ0n) is 12.4. The molecule has 0 bridgehead atoms. The lowest BCUT2D eigenvalue weighted by Gasteiger charge is -2.30. The number of nitrogens with one attached hydrogen (secondary N) is 1. The Morgan fingerprint density at radius 2 is 1.95 bits per heavy atom. The van der Waals surface area contributed by atoms with Crippen molar-refractivity contribution in [3.8, 4) is 0 Å². The van der Waals surface area contributed by atoms with Crippen molar-refractivity contribution in [2.45, 2.75) is 70.4 Å². The van der Waals surface area contributed by atoms with Crippen molar-refractivity contribution in [1.82, 2.24) is 5.32 Å². The van der Waals surface area contributed by atoms with Crippen molar-refractivity contribution < 1.29 is 0 Å².